The Hall–Kier alpha value is 0.0700. The van der Waals surface area contributed by atoms with E-state index in [1.807, 2.05) is 6.07 Å². The maximum absolute atomic E-state index is 2.21. The fraction of sp³-hybridized carbons (Fsp3) is 0.444. The maximum atomic E-state index is 2.21. The fourth-order valence-corrected chi connectivity index (χ4v) is 0.924. The quantitative estimate of drug-likeness (QED) is 0.752. The van der Waals surface area contributed by atoms with Gasteiger partial charge in [0, 0.05) is 18.6 Å². The number of hydrogen-bond acceptors (Lipinski definition) is 1. The molecule has 0 aromatic carbocycles. The predicted octanol–water partition coefficient (Wildman–Crippen LogP) is -0.482. The molecule has 1 rings (SSSR count). The van der Waals surface area contributed by atoms with E-state index in [9.17, 15) is 0 Å². The minimum Gasteiger partial charge on any atom is -1.00 e. The highest BCUT2D eigenvalue weighted by atomic mass is 79.9. The third kappa shape index (κ3) is 8.40. The van der Waals surface area contributed by atoms with Gasteiger partial charge in [-0.1, -0.05) is 19.4 Å². The van der Waals surface area contributed by atoms with E-state index in [4.69, 9.17) is 0 Å². The zero-order valence-corrected chi connectivity index (χ0v) is 11.2. The monoisotopic (exact) mass is 312 g/mol. The summed E-state index contributed by atoms with van der Waals surface area (Å²) in [5, 5.41) is 0. The molecular formula is C9H18Br2N2. The summed E-state index contributed by atoms with van der Waals surface area (Å²) in [6, 6.07) is 6.17. The molecule has 2 nitrogen and oxygen atoms in total. The number of halogens is 2. The van der Waals surface area contributed by atoms with Gasteiger partial charge in [0.2, 0.25) is 0 Å². The van der Waals surface area contributed by atoms with Crippen LogP contribution in [0.2, 0.25) is 0 Å². The Balaban J connectivity index is -0.000000333. The standard InChI is InChI=1S/C9H14N.2BrH.H3N/c1-2-3-7-10-8-5-4-6-9-10;;;/h4-6,8-9H,2-3,7H2,1H3;2*1H;1H3/q+1;;;/p-1. The van der Waals surface area contributed by atoms with Gasteiger partial charge in [0.05, 0.1) is 0 Å². The van der Waals surface area contributed by atoms with Crippen LogP contribution in [0.5, 0.6) is 0 Å². The van der Waals surface area contributed by atoms with Crippen molar-refractivity contribution in [3.63, 3.8) is 0 Å². The summed E-state index contributed by atoms with van der Waals surface area (Å²) in [6.45, 7) is 3.36. The lowest BCUT2D eigenvalue weighted by atomic mass is 10.3. The first kappa shape index (κ1) is 18.8. The Morgan fingerprint density at radius 2 is 1.62 bits per heavy atom. The van der Waals surface area contributed by atoms with Gasteiger partial charge in [-0.2, -0.15) is 0 Å². The summed E-state index contributed by atoms with van der Waals surface area (Å²) in [6.07, 6.45) is 6.75. The normalized spacial score (nSPS) is 7.46. The molecule has 0 fully saturated rings. The smallest absolute Gasteiger partial charge is 0.168 e. The Bertz CT molecular complexity index is 180. The molecule has 1 aromatic heterocycles. The molecule has 78 valence electrons. The predicted molar refractivity (Wildman–Crippen MR) is 56.9 cm³/mol. The van der Waals surface area contributed by atoms with Gasteiger partial charge >= 0.3 is 0 Å². The molecule has 4 heteroatoms. The van der Waals surface area contributed by atoms with Crippen molar-refractivity contribution in [2.45, 2.75) is 26.3 Å². The van der Waals surface area contributed by atoms with Crippen LogP contribution in [0.3, 0.4) is 0 Å². The van der Waals surface area contributed by atoms with Gasteiger partial charge < -0.3 is 23.1 Å². The van der Waals surface area contributed by atoms with Crippen molar-refractivity contribution in [1.29, 1.82) is 0 Å². The summed E-state index contributed by atoms with van der Waals surface area (Å²) in [7, 11) is 0. The molecule has 0 saturated carbocycles. The van der Waals surface area contributed by atoms with E-state index in [-0.39, 0.29) is 40.1 Å². The van der Waals surface area contributed by atoms with Crippen molar-refractivity contribution in [1.82, 2.24) is 6.15 Å². The molecule has 0 spiro atoms. The van der Waals surface area contributed by atoms with E-state index in [2.05, 4.69) is 36.0 Å². The van der Waals surface area contributed by atoms with Crippen LogP contribution < -0.4 is 27.7 Å². The van der Waals surface area contributed by atoms with Crippen molar-refractivity contribution < 1.29 is 21.5 Å². The topological polar surface area (TPSA) is 38.9 Å². The van der Waals surface area contributed by atoms with Crippen molar-refractivity contribution in [2.24, 2.45) is 0 Å². The van der Waals surface area contributed by atoms with Gasteiger partial charge in [-0.25, -0.2) is 4.57 Å². The Labute approximate surface area is 101 Å². The highest BCUT2D eigenvalue weighted by Gasteiger charge is 1.93. The van der Waals surface area contributed by atoms with Gasteiger partial charge in [0.25, 0.3) is 0 Å². The number of nitrogens with zero attached hydrogens (tertiary/aromatic N) is 1. The van der Waals surface area contributed by atoms with Crippen molar-refractivity contribution in [2.75, 3.05) is 0 Å². The molecule has 3 N–H and O–H groups in total. The number of hydrogen-bond donors (Lipinski definition) is 1. The third-order valence-electron chi connectivity index (χ3n) is 1.55. The van der Waals surface area contributed by atoms with E-state index in [0.29, 0.717) is 0 Å². The second kappa shape index (κ2) is 12.1. The van der Waals surface area contributed by atoms with Gasteiger partial charge in [0.15, 0.2) is 12.4 Å². The summed E-state index contributed by atoms with van der Waals surface area (Å²) in [5.41, 5.74) is 0. The van der Waals surface area contributed by atoms with E-state index in [1.165, 1.54) is 12.8 Å². The summed E-state index contributed by atoms with van der Waals surface area (Å²) >= 11 is 0. The second-order valence-electron chi connectivity index (χ2n) is 2.47. The van der Waals surface area contributed by atoms with Crippen molar-refractivity contribution in [3.8, 4) is 0 Å². The van der Waals surface area contributed by atoms with Gasteiger partial charge in [-0.05, 0) is 0 Å². The lowest BCUT2D eigenvalue weighted by molar-refractivity contribution is -0.697. The maximum Gasteiger partial charge on any atom is 0.168 e. The van der Waals surface area contributed by atoms with E-state index >= 15 is 0 Å². The summed E-state index contributed by atoms with van der Waals surface area (Å²) in [5.74, 6) is 0. The minimum absolute atomic E-state index is 0. The highest BCUT2D eigenvalue weighted by molar-refractivity contribution is 8.93. The van der Waals surface area contributed by atoms with E-state index in [1.54, 1.807) is 0 Å². The molecule has 0 radical (unpaired) electrons. The average molecular weight is 314 g/mol. The molecule has 1 aromatic rings. The lowest BCUT2D eigenvalue weighted by Gasteiger charge is -1.91. The molecule has 0 amide bonds. The fourth-order valence-electron chi connectivity index (χ4n) is 0.924. The zero-order chi connectivity index (χ0) is 7.23. The lowest BCUT2D eigenvalue weighted by Crippen LogP contribution is -3.00. The molecular weight excluding hydrogens is 296 g/mol. The van der Waals surface area contributed by atoms with Crippen LogP contribution in [0.15, 0.2) is 30.6 Å². The number of rotatable bonds is 3. The largest absolute Gasteiger partial charge is 1.00 e. The molecule has 0 bridgehead atoms. The molecule has 0 unspecified atom stereocenters. The Morgan fingerprint density at radius 1 is 1.08 bits per heavy atom. The van der Waals surface area contributed by atoms with Crippen LogP contribution in [-0.4, -0.2) is 0 Å². The first-order valence-electron chi connectivity index (χ1n) is 3.87. The van der Waals surface area contributed by atoms with Crippen LogP contribution in [-0.2, 0) is 6.54 Å². The van der Waals surface area contributed by atoms with Crippen LogP contribution in [0.4, 0.5) is 0 Å². The molecule has 0 aliphatic rings. The molecule has 1 heterocycles. The Morgan fingerprint density at radius 3 is 2.08 bits per heavy atom. The summed E-state index contributed by atoms with van der Waals surface area (Å²) in [4.78, 5) is 0. The zero-order valence-electron chi connectivity index (χ0n) is 7.95. The van der Waals surface area contributed by atoms with Crippen LogP contribution in [0.25, 0.3) is 0 Å². The Kier molecular flexibility index (Phi) is 17.4. The van der Waals surface area contributed by atoms with Gasteiger partial charge in [0.1, 0.15) is 6.54 Å². The molecule has 13 heavy (non-hydrogen) atoms. The van der Waals surface area contributed by atoms with Crippen LogP contribution in [0, 0.1) is 0 Å². The molecule has 0 saturated heterocycles. The second-order valence-corrected chi connectivity index (χ2v) is 2.47. The number of pyridine rings is 1. The minimum atomic E-state index is 0. The first-order chi connectivity index (χ1) is 4.93. The molecule has 0 atom stereocenters. The summed E-state index contributed by atoms with van der Waals surface area (Å²) < 4.78 is 2.21. The molecule has 0 aliphatic carbocycles. The van der Waals surface area contributed by atoms with Gasteiger partial charge in [-0.15, -0.1) is 17.0 Å². The highest BCUT2D eigenvalue weighted by Crippen LogP contribution is 1.85. The average Bonchev–Trinajstić information content (AvgIpc) is 2.03. The SMILES string of the molecule is Br.CCCC[n+]1ccccc1.N.[Br-]. The van der Waals surface area contributed by atoms with E-state index < -0.39 is 0 Å². The van der Waals surface area contributed by atoms with Crippen molar-refractivity contribution in [3.05, 3.63) is 30.6 Å². The van der Waals surface area contributed by atoms with Crippen LogP contribution in [0.1, 0.15) is 19.8 Å². The number of aryl methyl sites for hydroxylation is 1. The number of aromatic nitrogens is 1. The van der Waals surface area contributed by atoms with Crippen LogP contribution >= 0.6 is 17.0 Å². The first-order valence-corrected chi connectivity index (χ1v) is 3.87. The number of unbranched alkanes of at least 4 members (excludes halogenated alkanes) is 1. The molecule has 0 aliphatic heterocycles. The third-order valence-corrected chi connectivity index (χ3v) is 1.55. The van der Waals surface area contributed by atoms with Crippen molar-refractivity contribution >= 4 is 17.0 Å². The van der Waals surface area contributed by atoms with E-state index in [0.717, 1.165) is 6.54 Å². The van der Waals surface area contributed by atoms with Gasteiger partial charge in [-0.3, -0.25) is 0 Å².